The maximum atomic E-state index is 11.3. The second-order valence-corrected chi connectivity index (χ2v) is 3.31. The van der Waals surface area contributed by atoms with Gasteiger partial charge in [0.15, 0.2) is 0 Å². The molecule has 1 aromatic rings. The minimum Gasteiger partial charge on any atom is -0.355 e. The predicted octanol–water partition coefficient (Wildman–Crippen LogP) is 4.02. The van der Waals surface area contributed by atoms with Crippen LogP contribution >= 0.6 is 0 Å². The van der Waals surface area contributed by atoms with E-state index in [0.29, 0.717) is 0 Å². The van der Waals surface area contributed by atoms with Crippen LogP contribution in [-0.4, -0.2) is 13.0 Å². The van der Waals surface area contributed by atoms with Gasteiger partial charge in [0.2, 0.25) is 0 Å². The van der Waals surface area contributed by atoms with E-state index >= 15 is 0 Å². The molecule has 2 nitrogen and oxygen atoms in total. The maximum absolute atomic E-state index is 11.3. The Labute approximate surface area is 106 Å². The predicted molar refractivity (Wildman–Crippen MR) is 76.7 cm³/mol. The minimum atomic E-state index is -0.0220. The first-order valence-corrected chi connectivity index (χ1v) is 6.36. The van der Waals surface area contributed by atoms with E-state index < -0.39 is 0 Å². The van der Waals surface area contributed by atoms with Crippen molar-refractivity contribution in [3.8, 4) is 0 Å². The molecule has 2 heteroatoms. The first-order chi connectivity index (χ1) is 8.06. The Balaban J connectivity index is 0. The van der Waals surface area contributed by atoms with E-state index in [1.807, 2.05) is 53.7 Å². The van der Waals surface area contributed by atoms with E-state index in [4.69, 9.17) is 0 Å². The van der Waals surface area contributed by atoms with Crippen LogP contribution in [0, 0.1) is 20.8 Å². The molecule has 17 heavy (non-hydrogen) atoms. The summed E-state index contributed by atoms with van der Waals surface area (Å²) < 4.78 is 0. The van der Waals surface area contributed by atoms with Gasteiger partial charge in [-0.2, -0.15) is 0 Å². The van der Waals surface area contributed by atoms with Crippen molar-refractivity contribution >= 4 is 5.91 Å². The largest absolute Gasteiger partial charge is 0.355 e. The van der Waals surface area contributed by atoms with Crippen LogP contribution in [0.5, 0.6) is 0 Å². The van der Waals surface area contributed by atoms with E-state index in [9.17, 15) is 4.79 Å². The Morgan fingerprint density at radius 1 is 0.941 bits per heavy atom. The van der Waals surface area contributed by atoms with Crippen LogP contribution in [-0.2, 0) is 0 Å². The van der Waals surface area contributed by atoms with Gasteiger partial charge in [-0.1, -0.05) is 27.7 Å². The molecular weight excluding hydrogens is 210 g/mol. The highest BCUT2D eigenvalue weighted by Crippen LogP contribution is 2.15. The number of hydrogen-bond donors (Lipinski definition) is 1. The van der Waals surface area contributed by atoms with Gasteiger partial charge >= 0.3 is 0 Å². The van der Waals surface area contributed by atoms with Crippen molar-refractivity contribution in [2.45, 2.75) is 48.5 Å². The second-order valence-electron chi connectivity index (χ2n) is 3.31. The normalized spacial score (nSPS) is 8.24. The SMILES string of the molecule is CC.CC.CNC(=O)c1cc(C)c(C)c(C)c1. The average molecular weight is 237 g/mol. The number of rotatable bonds is 1. The number of hydrogen-bond acceptors (Lipinski definition) is 1. The third-order valence-corrected chi connectivity index (χ3v) is 2.42. The Hall–Kier alpha value is -1.31. The van der Waals surface area contributed by atoms with Gasteiger partial charge in [0.1, 0.15) is 0 Å². The fourth-order valence-corrected chi connectivity index (χ4v) is 1.31. The highest BCUT2D eigenvalue weighted by molar-refractivity contribution is 5.94. The summed E-state index contributed by atoms with van der Waals surface area (Å²) in [5.74, 6) is -0.0220. The first kappa shape index (κ1) is 18.1. The molecule has 0 bridgehead atoms. The minimum absolute atomic E-state index is 0.0220. The summed E-state index contributed by atoms with van der Waals surface area (Å²) in [5.41, 5.74) is 4.33. The molecule has 0 unspecified atom stereocenters. The molecule has 0 saturated carbocycles. The second kappa shape index (κ2) is 9.88. The van der Waals surface area contributed by atoms with Gasteiger partial charge < -0.3 is 5.32 Å². The Morgan fingerprint density at radius 3 is 1.59 bits per heavy atom. The number of benzene rings is 1. The molecule has 98 valence electrons. The highest BCUT2D eigenvalue weighted by atomic mass is 16.1. The lowest BCUT2D eigenvalue weighted by atomic mass is 10.0. The summed E-state index contributed by atoms with van der Waals surface area (Å²) >= 11 is 0. The van der Waals surface area contributed by atoms with Crippen LogP contribution in [0.1, 0.15) is 54.7 Å². The summed E-state index contributed by atoms with van der Waals surface area (Å²) in [4.78, 5) is 11.3. The smallest absolute Gasteiger partial charge is 0.251 e. The molecule has 0 heterocycles. The van der Waals surface area contributed by atoms with E-state index in [2.05, 4.69) is 12.2 Å². The topological polar surface area (TPSA) is 29.1 Å². The molecule has 0 spiro atoms. The summed E-state index contributed by atoms with van der Waals surface area (Å²) in [6.45, 7) is 14.1. The maximum Gasteiger partial charge on any atom is 0.251 e. The Bertz CT molecular complexity index is 320. The summed E-state index contributed by atoms with van der Waals surface area (Å²) in [6, 6.07) is 3.84. The Morgan fingerprint density at radius 2 is 1.29 bits per heavy atom. The molecule has 0 saturated heterocycles. The molecule has 0 aliphatic rings. The van der Waals surface area contributed by atoms with Crippen LogP contribution in [0.15, 0.2) is 12.1 Å². The third-order valence-electron chi connectivity index (χ3n) is 2.42. The number of nitrogens with one attached hydrogen (secondary N) is 1. The van der Waals surface area contributed by atoms with Crippen molar-refractivity contribution in [2.24, 2.45) is 0 Å². The lowest BCUT2D eigenvalue weighted by Gasteiger charge is -2.07. The number of amides is 1. The quantitative estimate of drug-likeness (QED) is 0.785. The van der Waals surface area contributed by atoms with Crippen molar-refractivity contribution in [3.05, 3.63) is 34.4 Å². The number of carbonyl (C=O) groups is 1. The van der Waals surface area contributed by atoms with E-state index in [1.165, 1.54) is 16.7 Å². The monoisotopic (exact) mass is 237 g/mol. The molecule has 1 amide bonds. The van der Waals surface area contributed by atoms with Gasteiger partial charge in [-0.15, -0.1) is 0 Å². The van der Waals surface area contributed by atoms with Crippen LogP contribution in [0.4, 0.5) is 0 Å². The Kier molecular flexibility index (Phi) is 10.5. The molecule has 0 aromatic heterocycles. The molecule has 1 rings (SSSR count). The van der Waals surface area contributed by atoms with Gasteiger partial charge in [-0.05, 0) is 49.6 Å². The summed E-state index contributed by atoms with van der Waals surface area (Å²) in [5, 5.41) is 2.62. The molecule has 0 radical (unpaired) electrons. The zero-order valence-electron chi connectivity index (χ0n) is 12.6. The van der Waals surface area contributed by atoms with E-state index in [-0.39, 0.29) is 5.91 Å². The van der Waals surface area contributed by atoms with Gasteiger partial charge in [0.05, 0.1) is 0 Å². The number of aryl methyl sites for hydroxylation is 2. The van der Waals surface area contributed by atoms with Gasteiger partial charge in [-0.25, -0.2) is 0 Å². The molecule has 1 N–H and O–H groups in total. The first-order valence-electron chi connectivity index (χ1n) is 6.36. The molecule has 0 fully saturated rings. The zero-order chi connectivity index (χ0) is 14.0. The van der Waals surface area contributed by atoms with Crippen molar-refractivity contribution in [1.29, 1.82) is 0 Å². The zero-order valence-corrected chi connectivity index (χ0v) is 12.6. The summed E-state index contributed by atoms with van der Waals surface area (Å²) in [6.07, 6.45) is 0. The fraction of sp³-hybridized carbons (Fsp3) is 0.533. The fourth-order valence-electron chi connectivity index (χ4n) is 1.31. The van der Waals surface area contributed by atoms with Crippen molar-refractivity contribution in [1.82, 2.24) is 5.32 Å². The van der Waals surface area contributed by atoms with Crippen molar-refractivity contribution < 1.29 is 4.79 Å². The van der Waals surface area contributed by atoms with E-state index in [1.54, 1.807) is 7.05 Å². The lowest BCUT2D eigenvalue weighted by Crippen LogP contribution is -2.18. The van der Waals surface area contributed by atoms with E-state index in [0.717, 1.165) is 5.56 Å². The van der Waals surface area contributed by atoms with Crippen molar-refractivity contribution in [3.63, 3.8) is 0 Å². The number of carbonyl (C=O) groups excluding carboxylic acids is 1. The molecular formula is C15H27NO. The molecule has 0 aliphatic carbocycles. The molecule has 0 aliphatic heterocycles. The standard InChI is InChI=1S/C11H15NO.2C2H6/c1-7-5-10(11(13)12-4)6-8(2)9(7)3;2*1-2/h5-6H,1-4H3,(H,12,13);2*1-2H3. The third kappa shape index (κ3) is 5.53. The van der Waals surface area contributed by atoms with Crippen LogP contribution < -0.4 is 5.32 Å². The van der Waals surface area contributed by atoms with Crippen LogP contribution in [0.2, 0.25) is 0 Å². The summed E-state index contributed by atoms with van der Waals surface area (Å²) in [7, 11) is 1.65. The van der Waals surface area contributed by atoms with Crippen LogP contribution in [0.25, 0.3) is 0 Å². The molecule has 1 aromatic carbocycles. The van der Waals surface area contributed by atoms with Crippen molar-refractivity contribution in [2.75, 3.05) is 7.05 Å². The molecule has 0 atom stereocenters. The highest BCUT2D eigenvalue weighted by Gasteiger charge is 2.06. The lowest BCUT2D eigenvalue weighted by molar-refractivity contribution is 0.0963. The average Bonchev–Trinajstić information content (AvgIpc) is 2.39. The van der Waals surface area contributed by atoms with Crippen LogP contribution in [0.3, 0.4) is 0 Å². The van der Waals surface area contributed by atoms with Gasteiger partial charge in [0.25, 0.3) is 5.91 Å². The van der Waals surface area contributed by atoms with Gasteiger partial charge in [-0.3, -0.25) is 4.79 Å². The van der Waals surface area contributed by atoms with Gasteiger partial charge in [0, 0.05) is 12.6 Å².